The molecule has 0 bridgehead atoms. The van der Waals surface area contributed by atoms with Gasteiger partial charge in [-0.2, -0.15) is 0 Å². The van der Waals surface area contributed by atoms with Crippen LogP contribution >= 0.6 is 5.96 Å². The van der Waals surface area contributed by atoms with Crippen molar-refractivity contribution in [2.75, 3.05) is 0 Å². The third kappa shape index (κ3) is 56.2. The van der Waals surface area contributed by atoms with E-state index in [1.807, 2.05) is 0 Å². The van der Waals surface area contributed by atoms with Crippen LogP contribution in [0.3, 0.4) is 0 Å². The standard InChI is InChI=1S/H6N3PSe/c1-4(2,3)5/h(H6,1,2,3,5). The predicted molar refractivity (Wildman–Crippen MR) is 25.2 cm³/mol. The molecule has 0 aliphatic carbocycles. The Kier molecular flexibility index (Phi) is 1.77. The molecule has 0 aliphatic heterocycles. The van der Waals surface area contributed by atoms with Gasteiger partial charge in [-0.15, -0.1) is 0 Å². The number of nitrogens with two attached hydrogens (primary N) is 3. The van der Waals surface area contributed by atoms with E-state index in [0.717, 1.165) is 0 Å². The van der Waals surface area contributed by atoms with Crippen LogP contribution < -0.4 is 16.5 Å². The van der Waals surface area contributed by atoms with Gasteiger partial charge in [0.15, 0.2) is 0 Å². The van der Waals surface area contributed by atoms with Crippen molar-refractivity contribution in [3.63, 3.8) is 0 Å². The summed E-state index contributed by atoms with van der Waals surface area (Å²) in [6.07, 6.45) is 0. The first-order valence-electron chi connectivity index (χ1n) is 0.957. The fourth-order valence-corrected chi connectivity index (χ4v) is 0. The van der Waals surface area contributed by atoms with Gasteiger partial charge in [-0.1, -0.05) is 0 Å². The first-order chi connectivity index (χ1) is 2.00. The monoisotopic (exact) mass is 159 g/mol. The van der Waals surface area contributed by atoms with Crippen molar-refractivity contribution in [3.8, 4) is 0 Å². The summed E-state index contributed by atoms with van der Waals surface area (Å²) in [5, 5.41) is 0. The average Bonchev–Trinajstić information content (AvgIpc) is 0.722. The van der Waals surface area contributed by atoms with Crippen molar-refractivity contribution in [1.82, 2.24) is 0 Å². The second-order valence-corrected chi connectivity index (χ2v) is 6.27. The van der Waals surface area contributed by atoms with Gasteiger partial charge < -0.3 is 0 Å². The summed E-state index contributed by atoms with van der Waals surface area (Å²) in [7, 11) is 0. The summed E-state index contributed by atoms with van der Waals surface area (Å²) >= 11 is 2.42. The maximum atomic E-state index is 4.97. The van der Waals surface area contributed by atoms with E-state index in [9.17, 15) is 0 Å². The molecule has 0 rings (SSSR count). The van der Waals surface area contributed by atoms with Gasteiger partial charge in [0.1, 0.15) is 0 Å². The Hall–Kier alpha value is 0.829. The second kappa shape index (κ2) is 1.52. The van der Waals surface area contributed by atoms with Crippen molar-refractivity contribution < 1.29 is 0 Å². The first-order valence-corrected chi connectivity index (χ1v) is 5.17. The van der Waals surface area contributed by atoms with E-state index in [-0.39, 0.29) is 0 Å². The molecule has 0 heterocycles. The van der Waals surface area contributed by atoms with E-state index in [2.05, 4.69) is 15.1 Å². The normalized spacial score (nSPS) is 11.8. The number of rotatable bonds is 0. The number of hydrogen-bond donors (Lipinski definition) is 3. The van der Waals surface area contributed by atoms with Crippen molar-refractivity contribution >= 4 is 21.1 Å². The molecule has 0 aromatic carbocycles. The molecule has 0 spiro atoms. The summed E-state index contributed by atoms with van der Waals surface area (Å²) in [4.78, 5) is 0. The molecule has 0 aromatic heterocycles. The minimum absolute atomic E-state index is 2.01. The molecule has 32 valence electrons. The van der Waals surface area contributed by atoms with Crippen LogP contribution in [-0.4, -0.2) is 15.1 Å². The quantitative estimate of drug-likeness (QED) is 0.303. The van der Waals surface area contributed by atoms with Crippen molar-refractivity contribution in [3.05, 3.63) is 0 Å². The Morgan fingerprint density at radius 3 is 1.20 bits per heavy atom. The van der Waals surface area contributed by atoms with Crippen LogP contribution in [0.15, 0.2) is 0 Å². The molecule has 3 nitrogen and oxygen atoms in total. The Balaban J connectivity index is 3.47. The van der Waals surface area contributed by atoms with E-state index in [1.54, 1.807) is 0 Å². The molecule has 0 amide bonds. The average molecular weight is 158 g/mol. The molecule has 0 saturated heterocycles. The molecule has 0 fully saturated rings. The van der Waals surface area contributed by atoms with Gasteiger partial charge in [-0.05, 0) is 0 Å². The summed E-state index contributed by atoms with van der Waals surface area (Å²) in [6, 6.07) is 0. The topological polar surface area (TPSA) is 78.1 Å². The van der Waals surface area contributed by atoms with Gasteiger partial charge in [0, 0.05) is 0 Å². The van der Waals surface area contributed by atoms with E-state index in [0.29, 0.717) is 0 Å². The Bertz CT molecular complexity index is 53.0. The van der Waals surface area contributed by atoms with Crippen molar-refractivity contribution in [2.24, 2.45) is 16.5 Å². The first kappa shape index (κ1) is 5.83. The molecular weight excluding hydrogens is 152 g/mol. The molecule has 0 saturated carbocycles. The van der Waals surface area contributed by atoms with Gasteiger partial charge in [0.05, 0.1) is 0 Å². The Morgan fingerprint density at radius 1 is 1.20 bits per heavy atom. The molecule has 6 N–H and O–H groups in total. The van der Waals surface area contributed by atoms with Gasteiger partial charge in [-0.25, -0.2) is 0 Å². The third-order valence-electron chi connectivity index (χ3n) is 0. The zero-order chi connectivity index (χ0) is 4.50. The third-order valence-corrected chi connectivity index (χ3v) is 0. The van der Waals surface area contributed by atoms with Gasteiger partial charge >= 0.3 is 37.6 Å². The fraction of sp³-hybridized carbons (Fsp3) is 0. The van der Waals surface area contributed by atoms with Gasteiger partial charge in [-0.3, -0.25) is 0 Å². The summed E-state index contributed by atoms with van der Waals surface area (Å²) in [5.41, 5.74) is 14.9. The van der Waals surface area contributed by atoms with Crippen molar-refractivity contribution in [1.29, 1.82) is 0 Å². The van der Waals surface area contributed by atoms with Crippen LogP contribution in [0, 0.1) is 0 Å². The van der Waals surface area contributed by atoms with E-state index < -0.39 is 5.96 Å². The van der Waals surface area contributed by atoms with E-state index >= 15 is 0 Å². The molecule has 0 atom stereocenters. The van der Waals surface area contributed by atoms with Crippen molar-refractivity contribution in [2.45, 2.75) is 0 Å². The van der Waals surface area contributed by atoms with Gasteiger partial charge in [0.25, 0.3) is 0 Å². The van der Waals surface area contributed by atoms with E-state index in [1.165, 1.54) is 0 Å². The molecule has 0 radical (unpaired) electrons. The molecule has 5 heteroatoms. The predicted octanol–water partition coefficient (Wildman–Crippen LogP) is -1.29. The molecule has 5 heavy (non-hydrogen) atoms. The molecular formula is H6N3PSe. The molecule has 0 unspecified atom stereocenters. The van der Waals surface area contributed by atoms with Crippen LogP contribution in [0.4, 0.5) is 0 Å². The van der Waals surface area contributed by atoms with Crippen LogP contribution in [-0.2, 0) is 0 Å². The zero-order valence-corrected chi connectivity index (χ0v) is 5.20. The molecule has 0 aliphatic rings. The number of hydrogen-bond acceptors (Lipinski definition) is 3. The second-order valence-electron chi connectivity index (χ2n) is 0.763. The summed E-state index contributed by atoms with van der Waals surface area (Å²) in [5.74, 6) is -2.01. The summed E-state index contributed by atoms with van der Waals surface area (Å²) < 4.78 is 0. The fourth-order valence-electron chi connectivity index (χ4n) is 0. The van der Waals surface area contributed by atoms with Crippen LogP contribution in [0.1, 0.15) is 0 Å². The summed E-state index contributed by atoms with van der Waals surface area (Å²) in [6.45, 7) is 0. The molecule has 0 aromatic rings. The van der Waals surface area contributed by atoms with Gasteiger partial charge in [0.2, 0.25) is 0 Å². The van der Waals surface area contributed by atoms with Crippen LogP contribution in [0.2, 0.25) is 0 Å². The maximum absolute atomic E-state index is 4.97. The minimum atomic E-state index is -2.01. The Morgan fingerprint density at radius 2 is 1.20 bits per heavy atom. The van der Waals surface area contributed by atoms with E-state index in [4.69, 9.17) is 16.5 Å². The SMILES string of the molecule is NP(N)(N)=[Se]. The van der Waals surface area contributed by atoms with Crippen LogP contribution in [0.25, 0.3) is 0 Å². The van der Waals surface area contributed by atoms with Crippen LogP contribution in [0.5, 0.6) is 0 Å². The Labute approximate surface area is 38.3 Å². The zero-order valence-electron chi connectivity index (χ0n) is 2.59.